The number of esters is 1. The molecule has 0 amide bonds. The molecule has 0 unspecified atom stereocenters. The summed E-state index contributed by atoms with van der Waals surface area (Å²) >= 11 is 2.62. The van der Waals surface area contributed by atoms with Crippen LogP contribution in [0.4, 0.5) is 0 Å². The Hall–Kier alpha value is -1.03. The van der Waals surface area contributed by atoms with Crippen LogP contribution in [-0.4, -0.2) is 27.5 Å². The first kappa shape index (κ1) is 17.3. The van der Waals surface area contributed by atoms with E-state index in [0.717, 1.165) is 9.77 Å². The lowest BCUT2D eigenvalue weighted by molar-refractivity contribution is -0.147. The number of rotatable bonds is 7. The van der Waals surface area contributed by atoms with Crippen molar-refractivity contribution in [3.05, 3.63) is 17.8 Å². The summed E-state index contributed by atoms with van der Waals surface area (Å²) < 4.78 is 36.1. The minimum absolute atomic E-state index is 0.173. The Morgan fingerprint density at radius 1 is 1.45 bits per heavy atom. The van der Waals surface area contributed by atoms with E-state index in [0.29, 0.717) is 6.42 Å². The molecule has 2 N–H and O–H groups in total. The average Bonchev–Trinajstić information content (AvgIpc) is 2.91. The Morgan fingerprint density at radius 2 is 2.23 bits per heavy atom. The van der Waals surface area contributed by atoms with Crippen molar-refractivity contribution >= 4 is 45.4 Å². The number of carbonyl (C=O) groups is 1. The van der Waals surface area contributed by atoms with Gasteiger partial charge < -0.3 is 9.46 Å². The lowest BCUT2D eigenvalue weighted by Crippen LogP contribution is -2.25. The van der Waals surface area contributed by atoms with Crippen LogP contribution in [0.1, 0.15) is 25.8 Å². The van der Waals surface area contributed by atoms with E-state index in [-0.39, 0.29) is 29.2 Å². The highest BCUT2D eigenvalue weighted by molar-refractivity contribution is 8.00. The van der Waals surface area contributed by atoms with Crippen LogP contribution in [0.3, 0.4) is 0 Å². The van der Waals surface area contributed by atoms with Gasteiger partial charge in [0.15, 0.2) is 0 Å². The van der Waals surface area contributed by atoms with Gasteiger partial charge >= 0.3 is 5.97 Å². The molecular formula is C13H18N2O4S3. The van der Waals surface area contributed by atoms with Crippen molar-refractivity contribution in [2.24, 2.45) is 5.92 Å². The van der Waals surface area contributed by atoms with Gasteiger partial charge in [-0.25, -0.2) is 13.1 Å². The minimum Gasteiger partial charge on any atom is -0.465 e. The van der Waals surface area contributed by atoms with Crippen LogP contribution in [0.5, 0.6) is 0 Å². The third-order valence-corrected chi connectivity index (χ3v) is 6.83. The number of hydrogen-bond acceptors (Lipinski definition) is 7. The summed E-state index contributed by atoms with van der Waals surface area (Å²) in [6.07, 6.45) is 4.05. The zero-order valence-electron chi connectivity index (χ0n) is 12.3. The molecule has 1 aliphatic heterocycles. The molecule has 0 fully saturated rings. The van der Waals surface area contributed by atoms with Crippen molar-refractivity contribution < 1.29 is 17.9 Å². The molecule has 1 aromatic heterocycles. The number of carbonyl (C=O) groups excluding carboxylic acids is 1. The van der Waals surface area contributed by atoms with E-state index in [1.54, 1.807) is 26.1 Å². The maximum absolute atomic E-state index is 12.2. The molecule has 1 aliphatic rings. The molecule has 9 heteroatoms. The largest absolute Gasteiger partial charge is 0.465 e. The predicted octanol–water partition coefficient (Wildman–Crippen LogP) is 2.20. The lowest BCUT2D eigenvalue weighted by Gasteiger charge is -2.07. The van der Waals surface area contributed by atoms with Gasteiger partial charge in [0.05, 0.1) is 16.7 Å². The number of fused-ring (bicyclic) bond motifs is 1. The van der Waals surface area contributed by atoms with Crippen molar-refractivity contribution in [2.45, 2.75) is 28.7 Å². The van der Waals surface area contributed by atoms with E-state index in [9.17, 15) is 13.2 Å². The highest BCUT2D eigenvalue weighted by atomic mass is 32.3. The van der Waals surface area contributed by atoms with E-state index in [1.165, 1.54) is 23.3 Å². The SMILES string of the molecule is CC(C)C(=O)OCCCNS(=O)(=O)c1cc2c(s1)SNC=C2. The number of ether oxygens (including phenoxy) is 1. The third-order valence-electron chi connectivity index (χ3n) is 2.78. The van der Waals surface area contributed by atoms with Crippen molar-refractivity contribution in [3.63, 3.8) is 0 Å². The summed E-state index contributed by atoms with van der Waals surface area (Å²) in [5, 5.41) is 0. The van der Waals surface area contributed by atoms with E-state index < -0.39 is 10.0 Å². The Labute approximate surface area is 138 Å². The van der Waals surface area contributed by atoms with E-state index >= 15 is 0 Å². The highest BCUT2D eigenvalue weighted by Gasteiger charge is 2.20. The van der Waals surface area contributed by atoms with Crippen LogP contribution in [-0.2, 0) is 19.6 Å². The van der Waals surface area contributed by atoms with Crippen LogP contribution in [0.25, 0.3) is 6.08 Å². The number of hydrogen-bond donors (Lipinski definition) is 2. The molecule has 22 heavy (non-hydrogen) atoms. The van der Waals surface area contributed by atoms with Gasteiger partial charge in [-0.05, 0) is 30.5 Å². The molecule has 0 atom stereocenters. The first-order valence-electron chi connectivity index (χ1n) is 6.79. The van der Waals surface area contributed by atoms with E-state index in [2.05, 4.69) is 9.44 Å². The van der Waals surface area contributed by atoms with Gasteiger partial charge in [-0.15, -0.1) is 11.3 Å². The average molecular weight is 362 g/mol. The smallest absolute Gasteiger partial charge is 0.308 e. The molecule has 122 valence electrons. The lowest BCUT2D eigenvalue weighted by atomic mass is 10.2. The van der Waals surface area contributed by atoms with Crippen LogP contribution in [0.2, 0.25) is 0 Å². The monoisotopic (exact) mass is 362 g/mol. The van der Waals surface area contributed by atoms with Crippen LogP contribution >= 0.6 is 23.3 Å². The quantitative estimate of drug-likeness (QED) is 0.439. The van der Waals surface area contributed by atoms with Gasteiger partial charge in [0.2, 0.25) is 10.0 Å². The molecule has 2 rings (SSSR count). The summed E-state index contributed by atoms with van der Waals surface area (Å²) in [5.41, 5.74) is 0.903. The molecule has 2 heterocycles. The van der Waals surface area contributed by atoms with Crippen LogP contribution in [0, 0.1) is 5.92 Å². The topological polar surface area (TPSA) is 84.5 Å². The first-order valence-corrected chi connectivity index (χ1v) is 9.91. The standard InChI is InChI=1S/C13H18N2O4S3/c1-9(2)12(16)19-7-3-5-15-22(17,18)11-8-10-4-6-14-21-13(10)20-11/h4,6,8-9,14-15H,3,5,7H2,1-2H3. The molecule has 0 aliphatic carbocycles. The summed E-state index contributed by atoms with van der Waals surface area (Å²) in [5.74, 6) is -0.446. The van der Waals surface area contributed by atoms with Gasteiger partial charge in [0, 0.05) is 18.3 Å². The Kier molecular flexibility index (Phi) is 5.90. The maximum atomic E-state index is 12.2. The molecule has 1 aromatic rings. The molecule has 0 aromatic carbocycles. The van der Waals surface area contributed by atoms with Crippen molar-refractivity contribution in [3.8, 4) is 0 Å². The minimum atomic E-state index is -3.52. The number of sulfonamides is 1. The third kappa shape index (κ3) is 4.48. The second-order valence-corrected chi connectivity index (χ2v) is 9.09. The highest BCUT2D eigenvalue weighted by Crippen LogP contribution is 2.35. The van der Waals surface area contributed by atoms with Crippen molar-refractivity contribution in [2.75, 3.05) is 13.2 Å². The Bertz CT molecular complexity index is 665. The Balaban J connectivity index is 1.83. The van der Waals surface area contributed by atoms with Gasteiger partial charge in [-0.3, -0.25) is 4.79 Å². The van der Waals surface area contributed by atoms with Crippen LogP contribution in [0.15, 0.2) is 20.7 Å². The van der Waals surface area contributed by atoms with Crippen molar-refractivity contribution in [1.29, 1.82) is 0 Å². The van der Waals surface area contributed by atoms with E-state index in [1.807, 2.05) is 6.08 Å². The number of thiophene rings is 1. The molecular weight excluding hydrogens is 344 g/mol. The predicted molar refractivity (Wildman–Crippen MR) is 87.9 cm³/mol. The molecule has 0 bridgehead atoms. The molecule has 6 nitrogen and oxygen atoms in total. The molecule has 0 radical (unpaired) electrons. The second-order valence-electron chi connectivity index (χ2n) is 4.94. The van der Waals surface area contributed by atoms with E-state index in [4.69, 9.17) is 4.74 Å². The fourth-order valence-corrected chi connectivity index (χ4v) is 5.14. The zero-order chi connectivity index (χ0) is 16.2. The summed E-state index contributed by atoms with van der Waals surface area (Å²) in [4.78, 5) is 11.3. The molecule has 0 saturated carbocycles. The van der Waals surface area contributed by atoms with Crippen LogP contribution < -0.4 is 9.44 Å². The maximum Gasteiger partial charge on any atom is 0.308 e. The second kappa shape index (κ2) is 7.49. The summed E-state index contributed by atoms with van der Waals surface area (Å²) in [7, 11) is -3.52. The zero-order valence-corrected chi connectivity index (χ0v) is 14.7. The first-order chi connectivity index (χ1) is 10.4. The summed E-state index contributed by atoms with van der Waals surface area (Å²) in [6.45, 7) is 3.95. The normalized spacial score (nSPS) is 13.8. The van der Waals surface area contributed by atoms with Gasteiger partial charge in [-0.2, -0.15) is 0 Å². The summed E-state index contributed by atoms with van der Waals surface area (Å²) in [6, 6.07) is 1.66. The van der Waals surface area contributed by atoms with Gasteiger partial charge in [0.1, 0.15) is 4.21 Å². The fourth-order valence-electron chi connectivity index (χ4n) is 1.59. The van der Waals surface area contributed by atoms with Gasteiger partial charge in [0.25, 0.3) is 0 Å². The van der Waals surface area contributed by atoms with Crippen molar-refractivity contribution in [1.82, 2.24) is 9.44 Å². The molecule has 0 saturated heterocycles. The molecule has 0 spiro atoms. The number of nitrogens with one attached hydrogen (secondary N) is 2. The Morgan fingerprint density at radius 3 is 2.91 bits per heavy atom. The fraction of sp³-hybridized carbons (Fsp3) is 0.462. The van der Waals surface area contributed by atoms with Gasteiger partial charge in [-0.1, -0.05) is 13.8 Å².